The van der Waals surface area contributed by atoms with Crippen LogP contribution in [-0.2, 0) is 9.53 Å². The van der Waals surface area contributed by atoms with E-state index < -0.39 is 12.1 Å². The standard InChI is InChI=1S/C19H24N2O3/c1-12-5-4-6-17(13(12)2)21-18(22)14(3)24-19(23)16-9-7-15(11-20)8-10-16/h7-10,12-14,17H,4-6H2,1-3H3,(H,21,22)/t12-,13+,14+,17-/m0/s1. The van der Waals surface area contributed by atoms with Crippen molar-refractivity contribution in [3.8, 4) is 6.07 Å². The van der Waals surface area contributed by atoms with Gasteiger partial charge in [-0.05, 0) is 49.4 Å². The minimum Gasteiger partial charge on any atom is -0.449 e. The van der Waals surface area contributed by atoms with Crippen LogP contribution in [0.1, 0.15) is 56.0 Å². The number of rotatable bonds is 4. The summed E-state index contributed by atoms with van der Waals surface area (Å²) in [5.41, 5.74) is 0.797. The molecule has 5 nitrogen and oxygen atoms in total. The molecule has 128 valence electrons. The highest BCUT2D eigenvalue weighted by Gasteiger charge is 2.30. The average molecular weight is 328 g/mol. The molecule has 0 saturated heterocycles. The van der Waals surface area contributed by atoms with Crippen LogP contribution < -0.4 is 5.32 Å². The fourth-order valence-electron chi connectivity index (χ4n) is 3.05. The molecular weight excluding hydrogens is 304 g/mol. The molecule has 0 bridgehead atoms. The van der Waals surface area contributed by atoms with Crippen molar-refractivity contribution in [1.82, 2.24) is 5.32 Å². The van der Waals surface area contributed by atoms with E-state index >= 15 is 0 Å². The third-order valence-electron chi connectivity index (χ3n) is 4.94. The minimum absolute atomic E-state index is 0.136. The van der Waals surface area contributed by atoms with E-state index in [1.54, 1.807) is 19.1 Å². The minimum atomic E-state index is -0.849. The lowest BCUT2D eigenvalue weighted by molar-refractivity contribution is -0.130. The van der Waals surface area contributed by atoms with Gasteiger partial charge in [0.2, 0.25) is 0 Å². The van der Waals surface area contributed by atoms with Gasteiger partial charge in [-0.15, -0.1) is 0 Å². The molecule has 0 aliphatic heterocycles. The third-order valence-corrected chi connectivity index (χ3v) is 4.94. The summed E-state index contributed by atoms with van der Waals surface area (Å²) in [4.78, 5) is 24.4. The SMILES string of the molecule is C[C@H]1[C@@H](NC(=O)[C@@H](C)OC(=O)c2ccc(C#N)cc2)CCC[C@@H]1C. The highest BCUT2D eigenvalue weighted by Crippen LogP contribution is 2.29. The lowest BCUT2D eigenvalue weighted by Crippen LogP contribution is -2.47. The van der Waals surface area contributed by atoms with Crippen molar-refractivity contribution in [1.29, 1.82) is 5.26 Å². The second-order valence-electron chi connectivity index (χ2n) is 6.62. The number of hydrogen-bond acceptors (Lipinski definition) is 4. The second kappa shape index (κ2) is 7.96. The number of carbonyl (C=O) groups excluding carboxylic acids is 2. The molecule has 1 aliphatic rings. The predicted octanol–water partition coefficient (Wildman–Crippen LogP) is 3.04. The van der Waals surface area contributed by atoms with Crippen molar-refractivity contribution in [2.75, 3.05) is 0 Å². The lowest BCUT2D eigenvalue weighted by atomic mass is 9.78. The van der Waals surface area contributed by atoms with E-state index in [0.717, 1.165) is 12.8 Å². The first kappa shape index (κ1) is 18.0. The van der Waals surface area contributed by atoms with Crippen LogP contribution in [0.5, 0.6) is 0 Å². The molecule has 1 fully saturated rings. The topological polar surface area (TPSA) is 79.2 Å². The van der Waals surface area contributed by atoms with Crippen LogP contribution in [0.2, 0.25) is 0 Å². The Morgan fingerprint density at radius 2 is 1.92 bits per heavy atom. The normalized spacial score (nSPS) is 24.5. The fraction of sp³-hybridized carbons (Fsp3) is 0.526. The van der Waals surface area contributed by atoms with E-state index in [-0.39, 0.29) is 11.9 Å². The molecule has 1 aromatic carbocycles. The fourth-order valence-corrected chi connectivity index (χ4v) is 3.05. The van der Waals surface area contributed by atoms with Crippen LogP contribution in [0.15, 0.2) is 24.3 Å². The number of ether oxygens (including phenoxy) is 1. The molecule has 1 aromatic rings. The molecule has 0 heterocycles. The molecule has 2 rings (SSSR count). The molecule has 4 atom stereocenters. The molecule has 1 N–H and O–H groups in total. The van der Waals surface area contributed by atoms with Gasteiger partial charge in [-0.2, -0.15) is 5.26 Å². The Bertz CT molecular complexity index is 633. The first-order chi connectivity index (χ1) is 11.4. The monoisotopic (exact) mass is 328 g/mol. The summed E-state index contributed by atoms with van der Waals surface area (Å²) in [5.74, 6) is 0.180. The quantitative estimate of drug-likeness (QED) is 0.862. The Labute approximate surface area is 143 Å². The Morgan fingerprint density at radius 1 is 1.25 bits per heavy atom. The van der Waals surface area contributed by atoms with E-state index in [1.165, 1.54) is 18.6 Å². The zero-order valence-corrected chi connectivity index (χ0v) is 14.4. The molecule has 24 heavy (non-hydrogen) atoms. The van der Waals surface area contributed by atoms with Crippen molar-refractivity contribution in [3.63, 3.8) is 0 Å². The van der Waals surface area contributed by atoms with Crippen LogP contribution >= 0.6 is 0 Å². The van der Waals surface area contributed by atoms with Crippen molar-refractivity contribution in [2.45, 2.75) is 52.2 Å². The number of esters is 1. The molecule has 0 aromatic heterocycles. The first-order valence-corrected chi connectivity index (χ1v) is 8.44. The summed E-state index contributed by atoms with van der Waals surface area (Å²) in [6.45, 7) is 5.94. The Balaban J connectivity index is 1.90. The molecule has 1 saturated carbocycles. The van der Waals surface area contributed by atoms with Crippen LogP contribution in [0.25, 0.3) is 0 Å². The van der Waals surface area contributed by atoms with Crippen LogP contribution in [0.4, 0.5) is 0 Å². The maximum atomic E-state index is 12.3. The van der Waals surface area contributed by atoms with Gasteiger partial charge in [-0.25, -0.2) is 4.79 Å². The summed E-state index contributed by atoms with van der Waals surface area (Å²) in [6.07, 6.45) is 2.41. The molecule has 1 amide bonds. The second-order valence-corrected chi connectivity index (χ2v) is 6.62. The van der Waals surface area contributed by atoms with Gasteiger partial charge in [0, 0.05) is 6.04 Å². The van der Waals surface area contributed by atoms with E-state index in [2.05, 4.69) is 19.2 Å². The first-order valence-electron chi connectivity index (χ1n) is 8.44. The smallest absolute Gasteiger partial charge is 0.338 e. The number of benzene rings is 1. The van der Waals surface area contributed by atoms with Gasteiger partial charge in [0.1, 0.15) is 0 Å². The van der Waals surface area contributed by atoms with Gasteiger partial charge in [0.15, 0.2) is 6.10 Å². The van der Waals surface area contributed by atoms with Crippen molar-refractivity contribution >= 4 is 11.9 Å². The number of amides is 1. The van der Waals surface area contributed by atoms with Gasteiger partial charge in [0.25, 0.3) is 5.91 Å². The van der Waals surface area contributed by atoms with Gasteiger partial charge < -0.3 is 10.1 Å². The molecular formula is C19H24N2O3. The maximum Gasteiger partial charge on any atom is 0.338 e. The van der Waals surface area contributed by atoms with Crippen molar-refractivity contribution in [3.05, 3.63) is 35.4 Å². The van der Waals surface area contributed by atoms with Crippen LogP contribution in [-0.4, -0.2) is 24.0 Å². The van der Waals surface area contributed by atoms with Gasteiger partial charge >= 0.3 is 5.97 Å². The molecule has 0 unspecified atom stereocenters. The van der Waals surface area contributed by atoms with E-state index in [0.29, 0.717) is 23.0 Å². The summed E-state index contributed by atoms with van der Waals surface area (Å²) >= 11 is 0. The molecule has 0 spiro atoms. The zero-order valence-electron chi connectivity index (χ0n) is 14.4. The molecule has 1 aliphatic carbocycles. The van der Waals surface area contributed by atoms with E-state index in [9.17, 15) is 9.59 Å². The van der Waals surface area contributed by atoms with Crippen LogP contribution in [0, 0.1) is 23.2 Å². The highest BCUT2D eigenvalue weighted by atomic mass is 16.5. The highest BCUT2D eigenvalue weighted by molar-refractivity contribution is 5.92. The average Bonchev–Trinajstić information content (AvgIpc) is 2.58. The Morgan fingerprint density at radius 3 is 2.54 bits per heavy atom. The number of nitriles is 1. The van der Waals surface area contributed by atoms with E-state index in [4.69, 9.17) is 10.00 Å². The van der Waals surface area contributed by atoms with Gasteiger partial charge in [0.05, 0.1) is 17.2 Å². The molecule has 5 heteroatoms. The largest absolute Gasteiger partial charge is 0.449 e. The maximum absolute atomic E-state index is 12.3. The number of nitrogens with one attached hydrogen (secondary N) is 1. The summed E-state index contributed by atoms with van der Waals surface area (Å²) < 4.78 is 5.24. The summed E-state index contributed by atoms with van der Waals surface area (Å²) in [6, 6.07) is 8.27. The Kier molecular flexibility index (Phi) is 5.97. The van der Waals surface area contributed by atoms with Crippen molar-refractivity contribution < 1.29 is 14.3 Å². The van der Waals surface area contributed by atoms with Gasteiger partial charge in [-0.3, -0.25) is 4.79 Å². The summed E-state index contributed by atoms with van der Waals surface area (Å²) in [5, 5.41) is 11.8. The van der Waals surface area contributed by atoms with Gasteiger partial charge in [-0.1, -0.05) is 26.7 Å². The van der Waals surface area contributed by atoms with Crippen molar-refractivity contribution in [2.24, 2.45) is 11.8 Å². The number of hydrogen-bond donors (Lipinski definition) is 1. The molecule has 0 radical (unpaired) electrons. The Hall–Kier alpha value is -2.35. The lowest BCUT2D eigenvalue weighted by Gasteiger charge is -2.35. The zero-order chi connectivity index (χ0) is 17.7. The van der Waals surface area contributed by atoms with E-state index in [1.807, 2.05) is 6.07 Å². The predicted molar refractivity (Wildman–Crippen MR) is 90.1 cm³/mol. The number of nitrogens with zero attached hydrogens (tertiary/aromatic N) is 1. The number of carbonyl (C=O) groups is 2. The summed E-state index contributed by atoms with van der Waals surface area (Å²) in [7, 11) is 0. The third kappa shape index (κ3) is 4.35. The van der Waals surface area contributed by atoms with Crippen LogP contribution in [0.3, 0.4) is 0 Å².